The monoisotopic (exact) mass is 275 g/mol. The zero-order valence-electron chi connectivity index (χ0n) is 12.5. The number of aromatic amines is 1. The predicted octanol–water partition coefficient (Wildman–Crippen LogP) is 5.14. The molecule has 106 valence electrons. The molecule has 4 rings (SSSR count). The highest BCUT2D eigenvalue weighted by atomic mass is 14.7. The SMILES string of the molecule is Cc1ccccc1CC1CCCc2c1[nH]c1ccccc21. The van der Waals surface area contributed by atoms with Crippen molar-refractivity contribution in [2.24, 2.45) is 0 Å². The second kappa shape index (κ2) is 5.07. The summed E-state index contributed by atoms with van der Waals surface area (Å²) >= 11 is 0. The van der Waals surface area contributed by atoms with Gasteiger partial charge in [-0.05, 0) is 55.4 Å². The van der Waals surface area contributed by atoms with E-state index in [0.29, 0.717) is 5.92 Å². The molecule has 0 fully saturated rings. The molecule has 0 saturated carbocycles. The molecule has 1 heteroatoms. The van der Waals surface area contributed by atoms with Crippen LogP contribution in [0.2, 0.25) is 0 Å². The van der Waals surface area contributed by atoms with E-state index in [1.807, 2.05) is 0 Å². The zero-order chi connectivity index (χ0) is 14.2. The Morgan fingerprint density at radius 3 is 2.76 bits per heavy atom. The molecular formula is C20H21N. The molecule has 0 spiro atoms. The van der Waals surface area contributed by atoms with E-state index >= 15 is 0 Å². The van der Waals surface area contributed by atoms with Crippen LogP contribution in [0, 0.1) is 6.92 Å². The van der Waals surface area contributed by atoms with Gasteiger partial charge in [0.2, 0.25) is 0 Å². The van der Waals surface area contributed by atoms with Crippen molar-refractivity contribution >= 4 is 10.9 Å². The first kappa shape index (κ1) is 12.7. The molecule has 1 heterocycles. The van der Waals surface area contributed by atoms with Crippen LogP contribution in [0.25, 0.3) is 10.9 Å². The standard InChI is InChI=1S/C20H21N/c1-14-7-2-3-8-15(14)13-16-9-6-11-18-17-10-4-5-12-19(17)21-20(16)18/h2-5,7-8,10,12,16,21H,6,9,11,13H2,1H3. The van der Waals surface area contributed by atoms with Gasteiger partial charge in [0, 0.05) is 22.5 Å². The molecule has 0 amide bonds. The normalized spacial score (nSPS) is 17.9. The maximum absolute atomic E-state index is 3.71. The Hall–Kier alpha value is -2.02. The smallest absolute Gasteiger partial charge is 0.0459 e. The first-order valence-corrected chi connectivity index (χ1v) is 7.97. The molecule has 0 saturated heterocycles. The zero-order valence-corrected chi connectivity index (χ0v) is 12.5. The lowest BCUT2D eigenvalue weighted by Crippen LogP contribution is -2.12. The summed E-state index contributed by atoms with van der Waals surface area (Å²) in [4.78, 5) is 3.71. The Kier molecular flexibility index (Phi) is 3.07. The summed E-state index contributed by atoms with van der Waals surface area (Å²) in [5.74, 6) is 0.641. The summed E-state index contributed by atoms with van der Waals surface area (Å²) in [5.41, 5.74) is 7.27. The highest BCUT2D eigenvalue weighted by Crippen LogP contribution is 2.38. The Labute approximate surface area is 126 Å². The molecule has 1 aliphatic carbocycles. The Bertz CT molecular complexity index is 781. The average Bonchev–Trinajstić information content (AvgIpc) is 2.89. The van der Waals surface area contributed by atoms with Crippen molar-refractivity contribution in [1.82, 2.24) is 4.98 Å². The van der Waals surface area contributed by atoms with Crippen LogP contribution in [-0.2, 0) is 12.8 Å². The van der Waals surface area contributed by atoms with E-state index in [0.717, 1.165) is 6.42 Å². The van der Waals surface area contributed by atoms with Gasteiger partial charge in [-0.15, -0.1) is 0 Å². The van der Waals surface area contributed by atoms with Crippen LogP contribution in [0.1, 0.15) is 41.1 Å². The minimum Gasteiger partial charge on any atom is -0.358 e. The van der Waals surface area contributed by atoms with Gasteiger partial charge >= 0.3 is 0 Å². The van der Waals surface area contributed by atoms with E-state index < -0.39 is 0 Å². The number of hydrogen-bond donors (Lipinski definition) is 1. The fourth-order valence-electron chi connectivity index (χ4n) is 3.82. The summed E-state index contributed by atoms with van der Waals surface area (Å²) in [6, 6.07) is 17.6. The largest absolute Gasteiger partial charge is 0.358 e. The van der Waals surface area contributed by atoms with Crippen LogP contribution in [0.3, 0.4) is 0 Å². The van der Waals surface area contributed by atoms with Crippen LogP contribution in [-0.4, -0.2) is 4.98 Å². The molecule has 2 aromatic carbocycles. The van der Waals surface area contributed by atoms with Crippen molar-refractivity contribution in [2.45, 2.75) is 38.5 Å². The molecule has 3 aromatic rings. The molecule has 1 nitrogen and oxygen atoms in total. The third-order valence-electron chi connectivity index (χ3n) is 4.96. The second-order valence-electron chi connectivity index (χ2n) is 6.28. The average molecular weight is 275 g/mol. The number of H-pyrrole nitrogens is 1. The van der Waals surface area contributed by atoms with E-state index in [2.05, 4.69) is 60.4 Å². The summed E-state index contributed by atoms with van der Waals surface area (Å²) in [5, 5.41) is 1.43. The fraction of sp³-hybridized carbons (Fsp3) is 0.300. The van der Waals surface area contributed by atoms with Crippen molar-refractivity contribution in [2.75, 3.05) is 0 Å². The lowest BCUT2D eigenvalue weighted by molar-refractivity contribution is 0.542. The number of benzene rings is 2. The van der Waals surface area contributed by atoms with Gasteiger partial charge in [-0.2, -0.15) is 0 Å². The predicted molar refractivity (Wildman–Crippen MR) is 88.9 cm³/mol. The lowest BCUT2D eigenvalue weighted by Gasteiger charge is -2.23. The van der Waals surface area contributed by atoms with E-state index in [1.54, 1.807) is 5.56 Å². The van der Waals surface area contributed by atoms with Crippen molar-refractivity contribution in [3.8, 4) is 0 Å². The lowest BCUT2D eigenvalue weighted by atomic mass is 9.82. The van der Waals surface area contributed by atoms with Crippen LogP contribution in [0.15, 0.2) is 48.5 Å². The number of fused-ring (bicyclic) bond motifs is 3. The van der Waals surface area contributed by atoms with Gasteiger partial charge in [-0.3, -0.25) is 0 Å². The molecule has 1 atom stereocenters. The third kappa shape index (κ3) is 2.17. The highest BCUT2D eigenvalue weighted by molar-refractivity contribution is 5.85. The maximum Gasteiger partial charge on any atom is 0.0459 e. The van der Waals surface area contributed by atoms with Gasteiger partial charge in [-0.1, -0.05) is 42.5 Å². The van der Waals surface area contributed by atoms with E-state index in [-0.39, 0.29) is 0 Å². The molecule has 0 aliphatic heterocycles. The quantitative estimate of drug-likeness (QED) is 0.666. The number of nitrogens with one attached hydrogen (secondary N) is 1. The number of para-hydroxylation sites is 1. The van der Waals surface area contributed by atoms with Gasteiger partial charge in [-0.25, -0.2) is 0 Å². The highest BCUT2D eigenvalue weighted by Gasteiger charge is 2.24. The number of hydrogen-bond acceptors (Lipinski definition) is 0. The maximum atomic E-state index is 3.71. The summed E-state index contributed by atoms with van der Waals surface area (Å²) in [7, 11) is 0. The molecule has 1 aromatic heterocycles. The summed E-state index contributed by atoms with van der Waals surface area (Å²) in [6.45, 7) is 2.23. The first-order valence-electron chi connectivity index (χ1n) is 7.97. The Morgan fingerprint density at radius 2 is 1.86 bits per heavy atom. The molecular weight excluding hydrogens is 254 g/mol. The van der Waals surface area contributed by atoms with Crippen LogP contribution < -0.4 is 0 Å². The van der Waals surface area contributed by atoms with Gasteiger partial charge in [0.1, 0.15) is 0 Å². The fourth-order valence-corrected chi connectivity index (χ4v) is 3.82. The number of aromatic nitrogens is 1. The molecule has 21 heavy (non-hydrogen) atoms. The van der Waals surface area contributed by atoms with E-state index in [1.165, 1.54) is 47.0 Å². The van der Waals surface area contributed by atoms with Crippen molar-refractivity contribution in [3.05, 3.63) is 70.9 Å². The van der Waals surface area contributed by atoms with Crippen LogP contribution >= 0.6 is 0 Å². The minimum atomic E-state index is 0.641. The minimum absolute atomic E-state index is 0.641. The van der Waals surface area contributed by atoms with Crippen molar-refractivity contribution < 1.29 is 0 Å². The molecule has 1 unspecified atom stereocenters. The van der Waals surface area contributed by atoms with E-state index in [9.17, 15) is 0 Å². The van der Waals surface area contributed by atoms with Crippen molar-refractivity contribution in [3.63, 3.8) is 0 Å². The van der Waals surface area contributed by atoms with Crippen molar-refractivity contribution in [1.29, 1.82) is 0 Å². The first-order chi connectivity index (χ1) is 10.3. The third-order valence-corrected chi connectivity index (χ3v) is 4.96. The van der Waals surface area contributed by atoms with Gasteiger partial charge in [0.15, 0.2) is 0 Å². The Balaban J connectivity index is 1.75. The van der Waals surface area contributed by atoms with Crippen LogP contribution in [0.4, 0.5) is 0 Å². The Morgan fingerprint density at radius 1 is 1.05 bits per heavy atom. The van der Waals surface area contributed by atoms with Gasteiger partial charge in [0.05, 0.1) is 0 Å². The molecule has 0 radical (unpaired) electrons. The van der Waals surface area contributed by atoms with Gasteiger partial charge < -0.3 is 4.98 Å². The van der Waals surface area contributed by atoms with Gasteiger partial charge in [0.25, 0.3) is 0 Å². The number of rotatable bonds is 2. The molecule has 1 aliphatic rings. The topological polar surface area (TPSA) is 15.8 Å². The summed E-state index contributed by atoms with van der Waals surface area (Å²) in [6.07, 6.45) is 5.00. The van der Waals surface area contributed by atoms with E-state index in [4.69, 9.17) is 0 Å². The number of aryl methyl sites for hydroxylation is 2. The van der Waals surface area contributed by atoms with Crippen LogP contribution in [0.5, 0.6) is 0 Å². The molecule has 0 bridgehead atoms. The molecule has 1 N–H and O–H groups in total. The second-order valence-corrected chi connectivity index (χ2v) is 6.28. The summed E-state index contributed by atoms with van der Waals surface area (Å²) < 4.78 is 0.